The van der Waals surface area contributed by atoms with Crippen molar-refractivity contribution in [2.24, 2.45) is 0 Å². The molecule has 0 saturated carbocycles. The summed E-state index contributed by atoms with van der Waals surface area (Å²) in [5, 5.41) is 10.1. The minimum Gasteiger partial charge on any atom is -0.393 e. The molecule has 0 aliphatic rings. The third-order valence-electron chi connectivity index (χ3n) is 6.66. The van der Waals surface area contributed by atoms with Gasteiger partial charge in [0.1, 0.15) is 5.78 Å². The Balaban J connectivity index is 3.29. The van der Waals surface area contributed by atoms with Crippen molar-refractivity contribution in [3.05, 3.63) is 0 Å². The Bertz CT molecular complexity index is 353. The molecule has 0 aliphatic carbocycles. The smallest absolute Gasteiger partial charge is 0.135 e. The number of aliphatic hydroxyl groups is 1. The highest BCUT2D eigenvalue weighted by Crippen LogP contribution is 2.15. The van der Waals surface area contributed by atoms with Gasteiger partial charge in [-0.3, -0.25) is 4.79 Å². The van der Waals surface area contributed by atoms with Gasteiger partial charge in [0.05, 0.1) is 6.10 Å². The lowest BCUT2D eigenvalue weighted by molar-refractivity contribution is -0.121. The summed E-state index contributed by atoms with van der Waals surface area (Å²) in [5.74, 6) is 0.270. The maximum Gasteiger partial charge on any atom is 0.135 e. The molecule has 0 aromatic heterocycles. The molecule has 0 rings (SSSR count). The fourth-order valence-electron chi connectivity index (χ4n) is 4.50. The van der Waals surface area contributed by atoms with E-state index < -0.39 is 6.10 Å². The number of rotatable bonds is 26. The van der Waals surface area contributed by atoms with E-state index in [1.807, 2.05) is 0 Å². The number of carbonyl (C=O) groups is 1. The van der Waals surface area contributed by atoms with Gasteiger partial charge in [-0.1, -0.05) is 149 Å². The average Bonchev–Trinajstić information content (AvgIpc) is 2.75. The highest BCUT2D eigenvalue weighted by molar-refractivity contribution is 5.78. The second-order valence-corrected chi connectivity index (χ2v) is 10.0. The van der Waals surface area contributed by atoms with Gasteiger partial charge >= 0.3 is 0 Å². The largest absolute Gasteiger partial charge is 0.393 e. The van der Waals surface area contributed by atoms with Crippen LogP contribution in [0.25, 0.3) is 0 Å². The van der Waals surface area contributed by atoms with Gasteiger partial charge in [0, 0.05) is 12.8 Å². The van der Waals surface area contributed by atoms with Crippen LogP contribution in [0.3, 0.4) is 0 Å². The van der Waals surface area contributed by atoms with E-state index >= 15 is 0 Å². The van der Waals surface area contributed by atoms with Crippen molar-refractivity contribution in [1.82, 2.24) is 0 Å². The molecule has 0 aromatic carbocycles. The predicted octanol–water partition coefficient (Wildman–Crippen LogP) is 9.71. The Morgan fingerprint density at radius 2 is 0.839 bits per heavy atom. The monoisotopic (exact) mass is 438 g/mol. The summed E-state index contributed by atoms with van der Waals surface area (Å²) < 4.78 is 0. The van der Waals surface area contributed by atoms with Gasteiger partial charge in [0.2, 0.25) is 0 Å². The van der Waals surface area contributed by atoms with Crippen molar-refractivity contribution >= 4 is 5.78 Å². The third kappa shape index (κ3) is 25.8. The standard InChI is InChI=1S/C29H58O2/c1-3-5-7-9-11-13-15-16-18-20-22-24-26-29(31)27-28(30)25-23-21-19-17-14-12-10-8-6-4-2/h28,30H,3-27H2,1-2H3. The fourth-order valence-corrected chi connectivity index (χ4v) is 4.50. The molecule has 0 aliphatic heterocycles. The van der Waals surface area contributed by atoms with Gasteiger partial charge in [-0.15, -0.1) is 0 Å². The molecule has 1 unspecified atom stereocenters. The molecule has 186 valence electrons. The van der Waals surface area contributed by atoms with E-state index in [0.717, 1.165) is 19.3 Å². The summed E-state index contributed by atoms with van der Waals surface area (Å²) in [4.78, 5) is 12.1. The zero-order chi connectivity index (χ0) is 22.8. The second kappa shape index (κ2) is 25.9. The number of aliphatic hydroxyl groups excluding tert-OH is 1. The number of hydrogen-bond donors (Lipinski definition) is 1. The van der Waals surface area contributed by atoms with Crippen LogP contribution in [-0.2, 0) is 4.79 Å². The first-order chi connectivity index (χ1) is 15.2. The topological polar surface area (TPSA) is 37.3 Å². The zero-order valence-corrected chi connectivity index (χ0v) is 21.6. The summed E-state index contributed by atoms with van der Waals surface area (Å²) in [5.41, 5.74) is 0. The number of ketones is 1. The number of carbonyl (C=O) groups excluding carboxylic acids is 1. The van der Waals surface area contributed by atoms with Crippen LogP contribution in [0.15, 0.2) is 0 Å². The van der Waals surface area contributed by atoms with Crippen molar-refractivity contribution in [3.63, 3.8) is 0 Å². The van der Waals surface area contributed by atoms with E-state index in [-0.39, 0.29) is 5.78 Å². The highest BCUT2D eigenvalue weighted by atomic mass is 16.3. The van der Waals surface area contributed by atoms with E-state index in [0.29, 0.717) is 12.8 Å². The van der Waals surface area contributed by atoms with Crippen LogP contribution < -0.4 is 0 Å². The van der Waals surface area contributed by atoms with Gasteiger partial charge < -0.3 is 5.11 Å². The zero-order valence-electron chi connectivity index (χ0n) is 21.6. The molecule has 0 amide bonds. The van der Waals surface area contributed by atoms with Gasteiger partial charge in [0.15, 0.2) is 0 Å². The van der Waals surface area contributed by atoms with Crippen LogP contribution in [0.5, 0.6) is 0 Å². The van der Waals surface area contributed by atoms with E-state index in [4.69, 9.17) is 0 Å². The normalized spacial score (nSPS) is 12.4. The number of Topliss-reactive ketones (excluding diaryl/α,β-unsaturated/α-hetero) is 1. The molecule has 0 aromatic rings. The predicted molar refractivity (Wildman–Crippen MR) is 138 cm³/mol. The molecular weight excluding hydrogens is 380 g/mol. The van der Waals surface area contributed by atoms with E-state index in [9.17, 15) is 9.90 Å². The van der Waals surface area contributed by atoms with Crippen molar-refractivity contribution in [2.45, 2.75) is 180 Å². The third-order valence-corrected chi connectivity index (χ3v) is 6.66. The van der Waals surface area contributed by atoms with Crippen LogP contribution in [0.1, 0.15) is 174 Å². The molecule has 0 heterocycles. The van der Waals surface area contributed by atoms with Crippen molar-refractivity contribution in [2.75, 3.05) is 0 Å². The molecule has 0 saturated heterocycles. The van der Waals surface area contributed by atoms with Gasteiger partial charge in [-0.25, -0.2) is 0 Å². The summed E-state index contributed by atoms with van der Waals surface area (Å²) in [6, 6.07) is 0. The van der Waals surface area contributed by atoms with Gasteiger partial charge in [-0.05, 0) is 12.8 Å². The first-order valence-corrected chi connectivity index (χ1v) is 14.4. The number of unbranched alkanes of at least 4 members (excludes halogenated alkanes) is 20. The van der Waals surface area contributed by atoms with Gasteiger partial charge in [0.25, 0.3) is 0 Å². The summed E-state index contributed by atoms with van der Waals surface area (Å²) in [7, 11) is 0. The fraction of sp³-hybridized carbons (Fsp3) is 0.966. The van der Waals surface area contributed by atoms with E-state index in [1.54, 1.807) is 0 Å². The van der Waals surface area contributed by atoms with Crippen LogP contribution in [-0.4, -0.2) is 17.0 Å². The lowest BCUT2D eigenvalue weighted by Gasteiger charge is -2.10. The van der Waals surface area contributed by atoms with Crippen LogP contribution in [0.2, 0.25) is 0 Å². The van der Waals surface area contributed by atoms with Crippen molar-refractivity contribution < 1.29 is 9.90 Å². The van der Waals surface area contributed by atoms with Crippen LogP contribution in [0, 0.1) is 0 Å². The van der Waals surface area contributed by atoms with E-state index in [1.165, 1.54) is 128 Å². The average molecular weight is 439 g/mol. The maximum atomic E-state index is 12.1. The van der Waals surface area contributed by atoms with Crippen LogP contribution >= 0.6 is 0 Å². The Hall–Kier alpha value is -0.370. The Labute approximate surface area is 196 Å². The second-order valence-electron chi connectivity index (χ2n) is 10.0. The van der Waals surface area contributed by atoms with Crippen molar-refractivity contribution in [1.29, 1.82) is 0 Å². The molecule has 1 N–H and O–H groups in total. The lowest BCUT2D eigenvalue weighted by atomic mass is 10.0. The van der Waals surface area contributed by atoms with Gasteiger partial charge in [-0.2, -0.15) is 0 Å². The number of hydrogen-bond acceptors (Lipinski definition) is 2. The highest BCUT2D eigenvalue weighted by Gasteiger charge is 2.10. The minimum atomic E-state index is -0.404. The Morgan fingerprint density at radius 3 is 1.23 bits per heavy atom. The van der Waals surface area contributed by atoms with E-state index in [2.05, 4.69) is 13.8 Å². The maximum absolute atomic E-state index is 12.1. The molecule has 0 spiro atoms. The first-order valence-electron chi connectivity index (χ1n) is 14.4. The molecular formula is C29H58O2. The Kier molecular flexibility index (Phi) is 25.6. The molecule has 2 heteroatoms. The molecule has 0 fully saturated rings. The summed E-state index contributed by atoms with van der Waals surface area (Å²) in [6.45, 7) is 4.54. The van der Waals surface area contributed by atoms with Crippen LogP contribution in [0.4, 0.5) is 0 Å². The molecule has 1 atom stereocenters. The first kappa shape index (κ1) is 30.6. The SMILES string of the molecule is CCCCCCCCCCCCCCC(=O)CC(O)CCCCCCCCCCCC. The lowest BCUT2D eigenvalue weighted by Crippen LogP contribution is -2.13. The summed E-state index contributed by atoms with van der Waals surface area (Å²) >= 11 is 0. The molecule has 0 bridgehead atoms. The minimum absolute atomic E-state index is 0.270. The Morgan fingerprint density at radius 1 is 0.516 bits per heavy atom. The molecule has 2 nitrogen and oxygen atoms in total. The quantitative estimate of drug-likeness (QED) is 0.136. The van der Waals surface area contributed by atoms with Crippen molar-refractivity contribution in [3.8, 4) is 0 Å². The summed E-state index contributed by atoms with van der Waals surface area (Å²) in [6.07, 6.45) is 30.5. The molecule has 31 heavy (non-hydrogen) atoms. The molecule has 0 radical (unpaired) electrons.